The van der Waals surface area contributed by atoms with Gasteiger partial charge in [-0.15, -0.1) is 11.3 Å². The summed E-state index contributed by atoms with van der Waals surface area (Å²) in [5.41, 5.74) is 1.82. The second kappa shape index (κ2) is 11.0. The van der Waals surface area contributed by atoms with Gasteiger partial charge in [0, 0.05) is 24.3 Å². The molecule has 0 amide bonds. The number of phenols is 1. The molecule has 3 aromatic rings. The number of nitrogens with zero attached hydrogens (tertiary/aromatic N) is 1. The van der Waals surface area contributed by atoms with Crippen molar-refractivity contribution in [1.82, 2.24) is 0 Å². The topological polar surface area (TPSA) is 102 Å². The number of piperidine rings is 3. The number of carbonyl (C=O) groups excluding carboxylic acids is 3. The fraction of sp³-hybridized carbons (Fsp3) is 0.345. The molecule has 8 nitrogen and oxygen atoms in total. The molecular weight excluding hydrogens is 504 g/mol. The van der Waals surface area contributed by atoms with E-state index in [2.05, 4.69) is 5.32 Å². The van der Waals surface area contributed by atoms with Crippen molar-refractivity contribution in [3.05, 3.63) is 82.0 Å². The van der Waals surface area contributed by atoms with Gasteiger partial charge in [-0.3, -0.25) is 4.79 Å². The number of Topliss-reactive ketones (excluding diaryl/α,β-unsaturated/α-hetero) is 1. The third kappa shape index (κ3) is 5.44. The van der Waals surface area contributed by atoms with Gasteiger partial charge in [0.1, 0.15) is 23.7 Å². The molecule has 2 aromatic carbocycles. The number of nitrogens with one attached hydrogen (secondary N) is 1. The highest BCUT2D eigenvalue weighted by atomic mass is 32.1. The number of anilines is 1. The molecule has 4 heterocycles. The molecule has 2 bridgehead atoms. The number of hydrogen-bond acceptors (Lipinski definition) is 8. The van der Waals surface area contributed by atoms with Crippen molar-refractivity contribution in [3.8, 4) is 5.75 Å². The average molecular weight is 536 g/mol. The van der Waals surface area contributed by atoms with Gasteiger partial charge >= 0.3 is 11.9 Å². The average Bonchev–Trinajstić information content (AvgIpc) is 3.41. The van der Waals surface area contributed by atoms with Gasteiger partial charge in [-0.2, -0.15) is 0 Å². The molecule has 2 atom stereocenters. The number of fused-ring (bicyclic) bond motifs is 3. The van der Waals surface area contributed by atoms with Gasteiger partial charge in [0.05, 0.1) is 25.9 Å². The molecule has 9 heteroatoms. The van der Waals surface area contributed by atoms with E-state index < -0.39 is 18.0 Å². The Labute approximate surface area is 225 Å². The minimum absolute atomic E-state index is 0.0204. The fourth-order valence-corrected chi connectivity index (χ4v) is 6.36. The Balaban J connectivity index is 1.32. The van der Waals surface area contributed by atoms with Crippen LogP contribution in [0.25, 0.3) is 0 Å². The second-order valence-electron chi connectivity index (χ2n) is 10.1. The van der Waals surface area contributed by atoms with Crippen molar-refractivity contribution in [2.24, 2.45) is 5.92 Å². The van der Waals surface area contributed by atoms with Gasteiger partial charge < -0.3 is 24.4 Å². The van der Waals surface area contributed by atoms with E-state index in [9.17, 15) is 19.5 Å². The second-order valence-corrected chi connectivity index (χ2v) is 11.0. The van der Waals surface area contributed by atoms with Gasteiger partial charge in [0.15, 0.2) is 12.1 Å². The molecule has 2 N–H and O–H groups in total. The lowest BCUT2D eigenvalue weighted by molar-refractivity contribution is -0.938. The van der Waals surface area contributed by atoms with Crippen LogP contribution in [0.5, 0.6) is 5.75 Å². The lowest BCUT2D eigenvalue weighted by Crippen LogP contribution is -2.65. The van der Waals surface area contributed by atoms with Crippen LogP contribution in [0.4, 0.5) is 5.69 Å². The van der Waals surface area contributed by atoms with Crippen LogP contribution in [0.2, 0.25) is 0 Å². The molecule has 3 saturated heterocycles. The summed E-state index contributed by atoms with van der Waals surface area (Å²) in [6.07, 6.45) is 1.48. The molecule has 3 aliphatic heterocycles. The van der Waals surface area contributed by atoms with Gasteiger partial charge in [-0.1, -0.05) is 30.3 Å². The van der Waals surface area contributed by atoms with Crippen LogP contribution in [0.3, 0.4) is 0 Å². The zero-order chi connectivity index (χ0) is 26.7. The first-order valence-electron chi connectivity index (χ1n) is 12.7. The monoisotopic (exact) mass is 535 g/mol. The number of methoxy groups -OCH3 is 1. The van der Waals surface area contributed by atoms with E-state index >= 15 is 0 Å². The number of hydrogen-bond donors (Lipinski definition) is 2. The van der Waals surface area contributed by atoms with Crippen molar-refractivity contribution in [3.63, 3.8) is 0 Å². The van der Waals surface area contributed by atoms with Crippen LogP contribution < -0.4 is 5.32 Å². The minimum Gasteiger partial charge on any atom is -0.508 e. The molecule has 0 saturated carbocycles. The van der Waals surface area contributed by atoms with Crippen LogP contribution in [-0.2, 0) is 14.3 Å². The molecule has 0 radical (unpaired) electrons. The van der Waals surface area contributed by atoms with E-state index in [-0.39, 0.29) is 23.6 Å². The van der Waals surface area contributed by atoms with Crippen LogP contribution in [0.1, 0.15) is 44.5 Å². The number of rotatable bonds is 9. The Morgan fingerprint density at radius 2 is 1.76 bits per heavy atom. The molecule has 3 fully saturated rings. The van der Waals surface area contributed by atoms with Crippen molar-refractivity contribution >= 4 is 34.7 Å². The lowest BCUT2D eigenvalue weighted by Gasteiger charge is -2.51. The smallest absolute Gasteiger partial charge is 0.350 e. The number of quaternary nitrogens is 1. The SMILES string of the molecule is COC(=O)c1sccc1NC(C(=O)O[C@H]1C[N+]2(CC(=O)c3ccc(O)cc3)CCC1CC2)c1ccccc1. The Kier molecular flexibility index (Phi) is 7.49. The van der Waals surface area contributed by atoms with E-state index in [0.717, 1.165) is 31.5 Å². The number of ether oxygens (including phenoxy) is 2. The number of thiophene rings is 1. The van der Waals surface area contributed by atoms with Crippen molar-refractivity contribution in [2.75, 3.05) is 38.6 Å². The maximum atomic E-state index is 13.7. The Bertz CT molecular complexity index is 1300. The largest absolute Gasteiger partial charge is 0.508 e. The van der Waals surface area contributed by atoms with Crippen molar-refractivity contribution in [1.29, 1.82) is 0 Å². The van der Waals surface area contributed by atoms with Crippen LogP contribution in [0, 0.1) is 5.92 Å². The first-order valence-corrected chi connectivity index (χ1v) is 13.6. The summed E-state index contributed by atoms with van der Waals surface area (Å²) in [6, 6.07) is 16.6. The van der Waals surface area contributed by atoms with E-state index in [1.54, 1.807) is 23.6 Å². The summed E-state index contributed by atoms with van der Waals surface area (Å²) in [4.78, 5) is 39.3. The summed E-state index contributed by atoms with van der Waals surface area (Å²) >= 11 is 1.24. The number of benzene rings is 2. The third-order valence-electron chi connectivity index (χ3n) is 7.68. The van der Waals surface area contributed by atoms with Gasteiger partial charge in [-0.25, -0.2) is 9.59 Å². The number of phenolic OH excluding ortho intramolecular Hbond substituents is 1. The quantitative estimate of drug-likeness (QED) is 0.237. The van der Waals surface area contributed by atoms with E-state index in [1.807, 2.05) is 30.3 Å². The highest BCUT2D eigenvalue weighted by Gasteiger charge is 2.49. The molecule has 1 aromatic heterocycles. The highest BCUT2D eigenvalue weighted by Crippen LogP contribution is 2.37. The fourth-order valence-electron chi connectivity index (χ4n) is 5.59. The summed E-state index contributed by atoms with van der Waals surface area (Å²) in [6.45, 7) is 2.68. The normalized spacial score (nSPS) is 22.9. The standard InChI is InChI=1S/C29H30N2O6S/c1-36-29(35)27-23(13-16-38-27)30-26(21-5-3-2-4-6-21)28(34)37-25-18-31(14-11-20(25)12-15-31)17-24(33)19-7-9-22(32)10-8-19/h2-10,13,16,20,25-26H,11-12,14-15,17-18H2,1H3,(H-,30,32,33,35)/p+1/t20?,25-,26?,31?/m0/s1. The Morgan fingerprint density at radius 3 is 2.45 bits per heavy atom. The molecule has 3 aliphatic rings. The van der Waals surface area contributed by atoms with Gasteiger partial charge in [-0.05, 0) is 41.3 Å². The molecule has 38 heavy (non-hydrogen) atoms. The highest BCUT2D eigenvalue weighted by molar-refractivity contribution is 7.12. The molecule has 6 rings (SSSR count). The number of carbonyl (C=O) groups is 3. The maximum absolute atomic E-state index is 13.7. The zero-order valence-corrected chi connectivity index (χ0v) is 22.0. The van der Waals surface area contributed by atoms with Crippen molar-refractivity contribution in [2.45, 2.75) is 25.0 Å². The number of aromatic hydroxyl groups is 1. The summed E-state index contributed by atoms with van der Waals surface area (Å²) in [5.74, 6) is -0.482. The van der Waals surface area contributed by atoms with Crippen LogP contribution in [0.15, 0.2) is 66.0 Å². The van der Waals surface area contributed by atoms with Crippen LogP contribution in [-0.4, -0.2) is 66.7 Å². The molecule has 1 unspecified atom stereocenters. The molecular formula is C29H31N2O6S+. The maximum Gasteiger partial charge on any atom is 0.350 e. The Hall–Kier alpha value is -3.69. The summed E-state index contributed by atoms with van der Waals surface area (Å²) in [7, 11) is 1.33. The molecule has 0 aliphatic carbocycles. The van der Waals surface area contributed by atoms with Gasteiger partial charge in [0.25, 0.3) is 0 Å². The number of ketones is 1. The molecule has 198 valence electrons. The lowest BCUT2D eigenvalue weighted by atomic mass is 9.82. The minimum atomic E-state index is -0.809. The first kappa shape index (κ1) is 25.9. The summed E-state index contributed by atoms with van der Waals surface area (Å²) in [5, 5.41) is 14.5. The van der Waals surface area contributed by atoms with E-state index in [0.29, 0.717) is 33.7 Å². The predicted molar refractivity (Wildman–Crippen MR) is 143 cm³/mol. The molecule has 0 spiro atoms. The number of esters is 2. The third-order valence-corrected chi connectivity index (χ3v) is 8.58. The summed E-state index contributed by atoms with van der Waals surface area (Å²) < 4.78 is 11.7. The zero-order valence-electron chi connectivity index (χ0n) is 21.2. The Morgan fingerprint density at radius 1 is 1.05 bits per heavy atom. The van der Waals surface area contributed by atoms with E-state index in [1.165, 1.54) is 30.6 Å². The van der Waals surface area contributed by atoms with E-state index in [4.69, 9.17) is 9.47 Å². The van der Waals surface area contributed by atoms with Gasteiger partial charge in [0.2, 0.25) is 5.78 Å². The predicted octanol–water partition coefficient (Wildman–Crippen LogP) is 4.43. The van der Waals surface area contributed by atoms with Crippen molar-refractivity contribution < 1.29 is 33.4 Å². The first-order chi connectivity index (χ1) is 18.4. The van der Waals surface area contributed by atoms with Crippen LogP contribution >= 0.6 is 11.3 Å².